The van der Waals surface area contributed by atoms with Gasteiger partial charge >= 0.3 is 0 Å². The maximum absolute atomic E-state index is 12.5. The van der Waals surface area contributed by atoms with Gasteiger partial charge in [-0.05, 0) is 31.6 Å². The molecule has 1 heterocycles. The van der Waals surface area contributed by atoms with Crippen LogP contribution in [0.25, 0.3) is 17.0 Å². The van der Waals surface area contributed by atoms with Gasteiger partial charge in [-0.3, -0.25) is 4.79 Å². The number of para-hydroxylation sites is 1. The van der Waals surface area contributed by atoms with Crippen molar-refractivity contribution in [3.63, 3.8) is 0 Å². The van der Waals surface area contributed by atoms with E-state index < -0.39 is 0 Å². The van der Waals surface area contributed by atoms with Crippen molar-refractivity contribution in [1.82, 2.24) is 0 Å². The number of thiocarbonyl (C=S) groups is 1. The molecule has 0 saturated heterocycles. The molecule has 0 unspecified atom stereocenters. The van der Waals surface area contributed by atoms with Crippen molar-refractivity contribution in [3.8, 4) is 0 Å². The van der Waals surface area contributed by atoms with Crippen LogP contribution in [0.5, 0.6) is 0 Å². The Morgan fingerprint density at radius 3 is 2.83 bits per heavy atom. The predicted molar refractivity (Wildman–Crippen MR) is 77.2 cm³/mol. The molecular formula is C15H12O2S. The first-order chi connectivity index (χ1) is 8.58. The molecule has 3 rings (SSSR count). The summed E-state index contributed by atoms with van der Waals surface area (Å²) in [6, 6.07) is 5.60. The fourth-order valence-corrected chi connectivity index (χ4v) is 2.78. The molecule has 0 radical (unpaired) electrons. The summed E-state index contributed by atoms with van der Waals surface area (Å²) >= 11 is 5.32. The van der Waals surface area contributed by atoms with Crippen molar-refractivity contribution in [2.75, 3.05) is 0 Å². The van der Waals surface area contributed by atoms with E-state index in [9.17, 15) is 4.79 Å². The number of hydrogen-bond acceptors (Lipinski definition) is 3. The monoisotopic (exact) mass is 256 g/mol. The van der Waals surface area contributed by atoms with Crippen molar-refractivity contribution in [3.05, 3.63) is 50.9 Å². The average Bonchev–Trinajstić information content (AvgIpc) is 2.30. The van der Waals surface area contributed by atoms with Crippen LogP contribution in [-0.2, 0) is 0 Å². The normalized spacial score (nSPS) is 14.6. The molecule has 2 nitrogen and oxygen atoms in total. The average molecular weight is 256 g/mol. The Morgan fingerprint density at radius 1 is 1.28 bits per heavy atom. The quantitative estimate of drug-likeness (QED) is 0.674. The molecule has 1 aliphatic rings. The molecule has 1 aromatic carbocycles. The van der Waals surface area contributed by atoms with Gasteiger partial charge in [-0.25, -0.2) is 0 Å². The fourth-order valence-electron chi connectivity index (χ4n) is 2.36. The Morgan fingerprint density at radius 2 is 2.06 bits per heavy atom. The molecule has 0 amide bonds. The topological polar surface area (TPSA) is 30.2 Å². The molecule has 0 saturated carbocycles. The summed E-state index contributed by atoms with van der Waals surface area (Å²) in [6.45, 7) is 3.94. The van der Waals surface area contributed by atoms with Gasteiger partial charge in [-0.2, -0.15) is 0 Å². The van der Waals surface area contributed by atoms with Crippen molar-refractivity contribution < 1.29 is 4.42 Å². The molecule has 90 valence electrons. The molecule has 3 heteroatoms. The smallest absolute Gasteiger partial charge is 0.201 e. The first-order valence-corrected chi connectivity index (χ1v) is 6.25. The standard InChI is InChI=1S/C15H12O2S/c1-8-6-11-13(12(18)7-8)14(16)10-5-3-4-9(2)15(10)17-11/h3-6H,7H2,1-2H3. The molecule has 0 atom stereocenters. The molecule has 0 bridgehead atoms. The van der Waals surface area contributed by atoms with Gasteiger partial charge in [0, 0.05) is 11.3 Å². The van der Waals surface area contributed by atoms with Crippen LogP contribution in [0.2, 0.25) is 0 Å². The number of benzene rings is 1. The van der Waals surface area contributed by atoms with Gasteiger partial charge in [0.1, 0.15) is 11.3 Å². The number of fused-ring (bicyclic) bond motifs is 2. The second-order valence-corrected chi connectivity index (χ2v) is 5.21. The Labute approximate surface area is 110 Å². The van der Waals surface area contributed by atoms with E-state index in [1.54, 1.807) is 6.07 Å². The van der Waals surface area contributed by atoms with Gasteiger partial charge in [-0.15, -0.1) is 0 Å². The maximum atomic E-state index is 12.5. The van der Waals surface area contributed by atoms with Crippen LogP contribution in [0.1, 0.15) is 30.2 Å². The van der Waals surface area contributed by atoms with E-state index in [1.807, 2.05) is 32.1 Å². The Hall–Kier alpha value is -1.74. The van der Waals surface area contributed by atoms with Crippen LogP contribution >= 0.6 is 12.2 Å². The van der Waals surface area contributed by atoms with E-state index in [-0.39, 0.29) is 5.43 Å². The van der Waals surface area contributed by atoms with E-state index in [4.69, 9.17) is 16.6 Å². The van der Waals surface area contributed by atoms with Crippen LogP contribution in [0.3, 0.4) is 0 Å². The summed E-state index contributed by atoms with van der Waals surface area (Å²) in [5, 5.41) is 0.615. The predicted octanol–water partition coefficient (Wildman–Crippen LogP) is 3.63. The maximum Gasteiger partial charge on any atom is 0.201 e. The lowest BCUT2D eigenvalue weighted by molar-refractivity contribution is 0.585. The van der Waals surface area contributed by atoms with Crippen molar-refractivity contribution in [2.24, 2.45) is 0 Å². The molecule has 1 aliphatic carbocycles. The summed E-state index contributed by atoms with van der Waals surface area (Å²) in [5.74, 6) is 0.607. The van der Waals surface area contributed by atoms with Gasteiger partial charge in [0.05, 0.1) is 10.9 Å². The van der Waals surface area contributed by atoms with Gasteiger partial charge in [0.2, 0.25) is 5.43 Å². The first kappa shape index (κ1) is 11.4. The Balaban J connectivity index is 2.51. The number of allylic oxidation sites excluding steroid dienone is 1. The third-order valence-electron chi connectivity index (χ3n) is 3.24. The lowest BCUT2D eigenvalue weighted by Crippen LogP contribution is -2.19. The van der Waals surface area contributed by atoms with Crippen LogP contribution in [-0.4, -0.2) is 4.86 Å². The molecule has 1 aromatic heterocycles. The Bertz CT molecular complexity index is 766. The third-order valence-corrected chi connectivity index (χ3v) is 3.59. The molecule has 0 spiro atoms. The van der Waals surface area contributed by atoms with E-state index in [2.05, 4.69) is 0 Å². The summed E-state index contributed by atoms with van der Waals surface area (Å²) < 4.78 is 5.87. The molecule has 0 aliphatic heterocycles. The number of hydrogen-bond donors (Lipinski definition) is 0. The zero-order chi connectivity index (χ0) is 12.9. The number of aryl methyl sites for hydroxylation is 1. The lowest BCUT2D eigenvalue weighted by atomic mass is 9.95. The molecular weight excluding hydrogens is 244 g/mol. The van der Waals surface area contributed by atoms with Gasteiger partial charge in [0.25, 0.3) is 0 Å². The summed E-state index contributed by atoms with van der Waals surface area (Å²) in [4.78, 5) is 13.1. The summed E-state index contributed by atoms with van der Waals surface area (Å²) in [7, 11) is 0. The highest BCUT2D eigenvalue weighted by molar-refractivity contribution is 7.80. The highest BCUT2D eigenvalue weighted by Crippen LogP contribution is 2.26. The molecule has 18 heavy (non-hydrogen) atoms. The third kappa shape index (κ3) is 1.55. The van der Waals surface area contributed by atoms with E-state index in [0.717, 1.165) is 11.1 Å². The van der Waals surface area contributed by atoms with Crippen molar-refractivity contribution >= 4 is 34.1 Å². The van der Waals surface area contributed by atoms with Gasteiger partial charge < -0.3 is 4.42 Å². The van der Waals surface area contributed by atoms with E-state index in [0.29, 0.717) is 33.6 Å². The van der Waals surface area contributed by atoms with Gasteiger partial charge in [-0.1, -0.05) is 29.9 Å². The van der Waals surface area contributed by atoms with Crippen LogP contribution in [0.15, 0.2) is 33.0 Å². The second kappa shape index (κ2) is 3.89. The number of rotatable bonds is 0. The van der Waals surface area contributed by atoms with Crippen LogP contribution < -0.4 is 5.43 Å². The first-order valence-electron chi connectivity index (χ1n) is 5.84. The zero-order valence-electron chi connectivity index (χ0n) is 10.2. The van der Waals surface area contributed by atoms with Crippen LogP contribution in [0, 0.1) is 6.92 Å². The van der Waals surface area contributed by atoms with E-state index >= 15 is 0 Å². The summed E-state index contributed by atoms with van der Waals surface area (Å²) in [6.07, 6.45) is 2.59. The van der Waals surface area contributed by atoms with Gasteiger partial charge in [0.15, 0.2) is 0 Å². The summed E-state index contributed by atoms with van der Waals surface area (Å²) in [5.41, 5.74) is 3.31. The molecule has 0 N–H and O–H groups in total. The van der Waals surface area contributed by atoms with E-state index in [1.165, 1.54) is 0 Å². The van der Waals surface area contributed by atoms with Crippen molar-refractivity contribution in [2.45, 2.75) is 20.3 Å². The lowest BCUT2D eigenvalue weighted by Gasteiger charge is -2.14. The molecule has 2 aromatic rings. The minimum absolute atomic E-state index is 0.0105. The largest absolute Gasteiger partial charge is 0.455 e. The zero-order valence-corrected chi connectivity index (χ0v) is 11.1. The highest BCUT2D eigenvalue weighted by atomic mass is 32.1. The SMILES string of the molecule is CC1=Cc2oc3c(C)cccc3c(=O)c2C(=S)C1. The minimum Gasteiger partial charge on any atom is -0.455 e. The van der Waals surface area contributed by atoms with Crippen LogP contribution in [0.4, 0.5) is 0 Å². The Kier molecular flexibility index (Phi) is 2.45. The van der Waals surface area contributed by atoms with Crippen molar-refractivity contribution in [1.29, 1.82) is 0 Å². The molecule has 0 fully saturated rings. The minimum atomic E-state index is -0.0105. The highest BCUT2D eigenvalue weighted by Gasteiger charge is 2.21. The fraction of sp³-hybridized carbons (Fsp3) is 0.200. The second-order valence-electron chi connectivity index (χ2n) is 4.71.